The van der Waals surface area contributed by atoms with E-state index >= 15 is 0 Å². The Hall–Kier alpha value is -3.08. The van der Waals surface area contributed by atoms with E-state index in [0.717, 1.165) is 27.8 Å². The van der Waals surface area contributed by atoms with Crippen molar-refractivity contribution in [3.05, 3.63) is 69.3 Å². The number of hydrogen-bond acceptors (Lipinski definition) is 4. The summed E-state index contributed by atoms with van der Waals surface area (Å²) in [6.45, 7) is 6.10. The second-order valence-corrected chi connectivity index (χ2v) is 6.51. The number of fused-ring (bicyclic) bond motifs is 1. The van der Waals surface area contributed by atoms with Gasteiger partial charge in [-0.3, -0.25) is 0 Å². The molecule has 26 heavy (non-hydrogen) atoms. The van der Waals surface area contributed by atoms with Crippen molar-refractivity contribution in [3.8, 4) is 0 Å². The number of rotatable bonds is 4. The van der Waals surface area contributed by atoms with Crippen molar-refractivity contribution in [2.45, 2.75) is 33.8 Å². The highest BCUT2D eigenvalue weighted by molar-refractivity contribution is 6.00. The van der Waals surface area contributed by atoms with Crippen LogP contribution in [-0.2, 0) is 17.8 Å². The lowest BCUT2D eigenvalue weighted by molar-refractivity contribution is 0.0535. The van der Waals surface area contributed by atoms with E-state index in [2.05, 4.69) is 0 Å². The molecule has 2 aromatic carbocycles. The lowest BCUT2D eigenvalue weighted by Gasteiger charge is -2.15. The van der Waals surface area contributed by atoms with Crippen LogP contribution in [0.5, 0.6) is 0 Å². The van der Waals surface area contributed by atoms with Crippen molar-refractivity contribution in [2.24, 2.45) is 0 Å². The summed E-state index contributed by atoms with van der Waals surface area (Å²) in [5.41, 5.74) is 12.8. The van der Waals surface area contributed by atoms with E-state index in [1.165, 1.54) is 0 Å². The van der Waals surface area contributed by atoms with E-state index in [9.17, 15) is 14.7 Å². The van der Waals surface area contributed by atoms with E-state index in [-0.39, 0.29) is 18.1 Å². The van der Waals surface area contributed by atoms with E-state index in [1.807, 2.05) is 32.9 Å². The van der Waals surface area contributed by atoms with Crippen molar-refractivity contribution in [1.82, 2.24) is 0 Å². The summed E-state index contributed by atoms with van der Waals surface area (Å²) in [5, 5.41) is 9.36. The van der Waals surface area contributed by atoms with Gasteiger partial charge in [0, 0.05) is 5.56 Å². The minimum atomic E-state index is -0.958. The number of nitrogen functional groups attached to an aromatic ring is 1. The molecule has 0 amide bonds. The maximum absolute atomic E-state index is 12.0. The molecule has 0 spiro atoms. The molecule has 0 bridgehead atoms. The number of benzene rings is 2. The zero-order valence-corrected chi connectivity index (χ0v) is 15.1. The van der Waals surface area contributed by atoms with Gasteiger partial charge in [-0.2, -0.15) is 0 Å². The number of esters is 1. The number of ether oxygens (including phenoxy) is 1. The molecule has 0 saturated heterocycles. The lowest BCUT2D eigenvalue weighted by Crippen LogP contribution is -2.08. The minimum absolute atomic E-state index is 0.264. The van der Waals surface area contributed by atoms with Crippen molar-refractivity contribution >= 4 is 23.2 Å². The topological polar surface area (TPSA) is 89.6 Å². The van der Waals surface area contributed by atoms with Crippen LogP contribution in [0.2, 0.25) is 0 Å². The van der Waals surface area contributed by atoms with Gasteiger partial charge in [0.25, 0.3) is 0 Å². The number of aromatic carboxylic acids is 1. The van der Waals surface area contributed by atoms with Crippen LogP contribution in [0.1, 0.15) is 55.5 Å². The van der Waals surface area contributed by atoms with Crippen LogP contribution in [-0.4, -0.2) is 17.0 Å². The predicted molar refractivity (Wildman–Crippen MR) is 100 cm³/mol. The fourth-order valence-corrected chi connectivity index (χ4v) is 3.42. The van der Waals surface area contributed by atoms with Crippen LogP contribution < -0.4 is 5.73 Å². The van der Waals surface area contributed by atoms with Crippen molar-refractivity contribution in [3.63, 3.8) is 0 Å². The first-order valence-corrected chi connectivity index (χ1v) is 8.39. The van der Waals surface area contributed by atoms with Gasteiger partial charge in [-0.1, -0.05) is 24.3 Å². The van der Waals surface area contributed by atoms with Crippen molar-refractivity contribution in [2.75, 3.05) is 5.73 Å². The molecule has 0 radical (unpaired) electrons. The molecule has 134 valence electrons. The molecule has 1 aliphatic heterocycles. The number of cyclic esters (lactones) is 1. The van der Waals surface area contributed by atoms with Crippen LogP contribution in [0.25, 0.3) is 5.57 Å². The average Bonchev–Trinajstić information content (AvgIpc) is 3.01. The molecule has 0 aliphatic carbocycles. The van der Waals surface area contributed by atoms with Crippen LogP contribution in [0, 0.1) is 13.8 Å². The van der Waals surface area contributed by atoms with Gasteiger partial charge in [0.15, 0.2) is 0 Å². The van der Waals surface area contributed by atoms with Gasteiger partial charge in [-0.05, 0) is 61.1 Å². The number of nitrogens with two attached hydrogens (primary N) is 1. The van der Waals surface area contributed by atoms with Crippen molar-refractivity contribution in [1.29, 1.82) is 0 Å². The Morgan fingerprint density at radius 3 is 2.54 bits per heavy atom. The number of carboxylic acids is 1. The van der Waals surface area contributed by atoms with Gasteiger partial charge in [-0.15, -0.1) is 0 Å². The van der Waals surface area contributed by atoms with Crippen LogP contribution in [0.15, 0.2) is 30.3 Å². The molecule has 3 rings (SSSR count). The SMILES string of the molecule is C/C(=C/Cc1c(C)c(C)c2c(c1N)C(=O)OC2)c1ccccc1C(=O)O. The zero-order valence-electron chi connectivity index (χ0n) is 15.1. The third-order valence-electron chi connectivity index (χ3n) is 5.11. The molecule has 0 fully saturated rings. The summed E-state index contributed by atoms with van der Waals surface area (Å²) in [6.07, 6.45) is 2.46. The molecule has 5 nitrogen and oxygen atoms in total. The smallest absolute Gasteiger partial charge is 0.341 e. The van der Waals surface area contributed by atoms with Gasteiger partial charge in [0.05, 0.1) is 16.8 Å². The first kappa shape index (κ1) is 17.7. The molecule has 0 saturated carbocycles. The van der Waals surface area contributed by atoms with Gasteiger partial charge in [-0.25, -0.2) is 9.59 Å². The Balaban J connectivity index is 2.02. The average molecular weight is 351 g/mol. The summed E-state index contributed by atoms with van der Waals surface area (Å²) in [6, 6.07) is 6.90. The van der Waals surface area contributed by atoms with Gasteiger partial charge >= 0.3 is 11.9 Å². The Morgan fingerprint density at radius 1 is 1.23 bits per heavy atom. The van der Waals surface area contributed by atoms with E-state index < -0.39 is 5.97 Å². The third kappa shape index (κ3) is 2.86. The maximum Gasteiger partial charge on any atom is 0.341 e. The Labute approximate surface area is 152 Å². The van der Waals surface area contributed by atoms with E-state index in [4.69, 9.17) is 10.5 Å². The molecule has 0 aromatic heterocycles. The summed E-state index contributed by atoms with van der Waals surface area (Å²) in [4.78, 5) is 23.4. The summed E-state index contributed by atoms with van der Waals surface area (Å²) in [5.74, 6) is -1.33. The quantitative estimate of drug-likeness (QED) is 0.644. The molecule has 3 N–H and O–H groups in total. The number of carbonyl (C=O) groups excluding carboxylic acids is 1. The number of carbonyl (C=O) groups is 2. The molecule has 0 atom stereocenters. The molecule has 1 aliphatic rings. The molecular formula is C21H21NO4. The Bertz CT molecular complexity index is 957. The Morgan fingerprint density at radius 2 is 1.88 bits per heavy atom. The molecular weight excluding hydrogens is 330 g/mol. The van der Waals surface area contributed by atoms with Crippen LogP contribution in [0.3, 0.4) is 0 Å². The van der Waals surface area contributed by atoms with Gasteiger partial charge in [0.1, 0.15) is 6.61 Å². The highest BCUT2D eigenvalue weighted by atomic mass is 16.5. The standard InChI is InChI=1S/C21H21NO4/c1-11(14-6-4-5-7-16(14)20(23)24)8-9-15-12(2)13(3)17-10-26-21(25)18(17)19(15)22/h4-8H,9-10,22H2,1-3H3,(H,23,24)/b11-8-. The number of carboxylic acid groups (broad SMARTS) is 1. The largest absolute Gasteiger partial charge is 0.478 e. The molecule has 1 heterocycles. The van der Waals surface area contributed by atoms with E-state index in [0.29, 0.717) is 23.2 Å². The first-order chi connectivity index (χ1) is 12.3. The maximum atomic E-state index is 12.0. The summed E-state index contributed by atoms with van der Waals surface area (Å²) >= 11 is 0. The first-order valence-electron chi connectivity index (χ1n) is 8.39. The monoisotopic (exact) mass is 351 g/mol. The second kappa shape index (κ2) is 6.67. The van der Waals surface area contributed by atoms with Crippen LogP contribution >= 0.6 is 0 Å². The fourth-order valence-electron chi connectivity index (χ4n) is 3.42. The highest BCUT2D eigenvalue weighted by Crippen LogP contribution is 2.35. The van der Waals surface area contributed by atoms with Gasteiger partial charge in [0.2, 0.25) is 0 Å². The highest BCUT2D eigenvalue weighted by Gasteiger charge is 2.29. The lowest BCUT2D eigenvalue weighted by atomic mass is 9.90. The van der Waals surface area contributed by atoms with Crippen molar-refractivity contribution < 1.29 is 19.4 Å². The predicted octanol–water partition coefficient (Wildman–Crippen LogP) is 3.90. The van der Waals surface area contributed by atoms with E-state index in [1.54, 1.807) is 18.2 Å². The number of allylic oxidation sites excluding steroid dienone is 2. The summed E-state index contributed by atoms with van der Waals surface area (Å²) < 4.78 is 5.13. The molecule has 2 aromatic rings. The minimum Gasteiger partial charge on any atom is -0.478 e. The van der Waals surface area contributed by atoms with Crippen LogP contribution in [0.4, 0.5) is 5.69 Å². The second-order valence-electron chi connectivity index (χ2n) is 6.51. The normalized spacial score (nSPS) is 13.5. The molecule has 0 unspecified atom stereocenters. The molecule has 5 heteroatoms. The third-order valence-corrected chi connectivity index (χ3v) is 5.11. The number of anilines is 1. The fraction of sp³-hybridized carbons (Fsp3) is 0.238. The summed E-state index contributed by atoms with van der Waals surface area (Å²) in [7, 11) is 0. The van der Waals surface area contributed by atoms with Gasteiger partial charge < -0.3 is 15.6 Å². The number of hydrogen-bond donors (Lipinski definition) is 2. The Kier molecular flexibility index (Phi) is 4.55. The zero-order chi connectivity index (χ0) is 19.0.